The molecule has 0 spiro atoms. The van der Waals surface area contributed by atoms with Gasteiger partial charge >= 0.3 is 6.03 Å². The van der Waals surface area contributed by atoms with Gasteiger partial charge in [0, 0.05) is 45.0 Å². The topological polar surface area (TPSA) is 55.9 Å². The van der Waals surface area contributed by atoms with Gasteiger partial charge in [-0.05, 0) is 45.7 Å². The van der Waals surface area contributed by atoms with Gasteiger partial charge in [-0.2, -0.15) is 0 Å². The maximum absolute atomic E-state index is 12.7. The summed E-state index contributed by atoms with van der Waals surface area (Å²) >= 11 is 0. The van der Waals surface area contributed by atoms with E-state index in [1.807, 2.05) is 62.6 Å². The van der Waals surface area contributed by atoms with Gasteiger partial charge in [-0.25, -0.2) is 4.79 Å². The molecule has 1 atom stereocenters. The summed E-state index contributed by atoms with van der Waals surface area (Å²) in [7, 11) is 0. The van der Waals surface area contributed by atoms with Crippen molar-refractivity contribution < 1.29 is 9.59 Å². The maximum Gasteiger partial charge on any atom is 0.320 e. The first kappa shape index (κ1) is 20.2. The first-order valence-electron chi connectivity index (χ1n) is 9.54. The highest BCUT2D eigenvalue weighted by atomic mass is 16.2. The number of nitrogens with one attached hydrogen (secondary N) is 1. The molecule has 1 saturated heterocycles. The van der Waals surface area contributed by atoms with E-state index in [-0.39, 0.29) is 18.0 Å². The summed E-state index contributed by atoms with van der Waals surface area (Å²) in [4.78, 5) is 31.0. The standard InChI is InChI=1S/C20H32N4O2/c1-6-22(7-2)20(26)24-13-11-23(12-14-24)17(5)19(25)21-18-15(3)9-8-10-16(18)4/h8-10,17H,6-7,11-14H2,1-5H3,(H,21,25)/t17-/m0/s1. The zero-order valence-corrected chi connectivity index (χ0v) is 16.7. The average Bonchev–Trinajstić information content (AvgIpc) is 2.65. The van der Waals surface area contributed by atoms with Gasteiger partial charge in [0.25, 0.3) is 0 Å². The molecule has 1 aromatic rings. The molecule has 6 heteroatoms. The molecular formula is C20H32N4O2. The number of benzene rings is 1. The maximum atomic E-state index is 12.7. The molecule has 0 aliphatic carbocycles. The second kappa shape index (κ2) is 9.03. The van der Waals surface area contributed by atoms with Crippen LogP contribution in [0.4, 0.5) is 10.5 Å². The third-order valence-electron chi connectivity index (χ3n) is 5.28. The fourth-order valence-electron chi connectivity index (χ4n) is 3.40. The number of carbonyl (C=O) groups excluding carboxylic acids is 2. The minimum absolute atomic E-state index is 0.00548. The van der Waals surface area contributed by atoms with Crippen molar-refractivity contribution in [1.29, 1.82) is 0 Å². The SMILES string of the molecule is CCN(CC)C(=O)N1CCN([C@@H](C)C(=O)Nc2c(C)cccc2C)CC1. The highest BCUT2D eigenvalue weighted by Gasteiger charge is 2.29. The molecule has 1 aromatic carbocycles. The molecule has 1 N–H and O–H groups in total. The predicted octanol–water partition coefficient (Wildman–Crippen LogP) is 2.71. The number of carbonyl (C=O) groups is 2. The van der Waals surface area contributed by atoms with Gasteiger partial charge in [0.2, 0.25) is 5.91 Å². The molecule has 0 radical (unpaired) electrons. The van der Waals surface area contributed by atoms with Crippen LogP contribution in [0.3, 0.4) is 0 Å². The van der Waals surface area contributed by atoms with E-state index in [0.717, 1.165) is 29.9 Å². The molecule has 6 nitrogen and oxygen atoms in total. The number of hydrogen-bond acceptors (Lipinski definition) is 3. The van der Waals surface area contributed by atoms with Crippen molar-refractivity contribution >= 4 is 17.6 Å². The highest BCUT2D eigenvalue weighted by Crippen LogP contribution is 2.20. The third kappa shape index (κ3) is 4.55. The van der Waals surface area contributed by atoms with E-state index in [0.29, 0.717) is 26.2 Å². The summed E-state index contributed by atoms with van der Waals surface area (Å²) in [5.41, 5.74) is 3.04. The van der Waals surface area contributed by atoms with E-state index in [1.165, 1.54) is 0 Å². The zero-order valence-electron chi connectivity index (χ0n) is 16.7. The number of nitrogens with zero attached hydrogens (tertiary/aromatic N) is 3. The summed E-state index contributed by atoms with van der Waals surface area (Å²) < 4.78 is 0. The summed E-state index contributed by atoms with van der Waals surface area (Å²) in [6.45, 7) is 14.2. The van der Waals surface area contributed by atoms with Gasteiger partial charge in [0.1, 0.15) is 0 Å². The van der Waals surface area contributed by atoms with E-state index >= 15 is 0 Å². The Bertz CT molecular complexity index is 614. The summed E-state index contributed by atoms with van der Waals surface area (Å²) in [5.74, 6) is 0.00548. The molecule has 1 fully saturated rings. The lowest BCUT2D eigenvalue weighted by molar-refractivity contribution is -0.121. The Morgan fingerprint density at radius 2 is 1.62 bits per heavy atom. The Labute approximate surface area is 157 Å². The van der Waals surface area contributed by atoms with Crippen molar-refractivity contribution in [2.45, 2.75) is 40.7 Å². The van der Waals surface area contributed by atoms with E-state index in [4.69, 9.17) is 0 Å². The number of piperazine rings is 1. The first-order valence-corrected chi connectivity index (χ1v) is 9.54. The molecular weight excluding hydrogens is 328 g/mol. The lowest BCUT2D eigenvalue weighted by atomic mass is 10.1. The van der Waals surface area contributed by atoms with Crippen molar-refractivity contribution in [2.75, 3.05) is 44.6 Å². The van der Waals surface area contributed by atoms with Crippen LogP contribution in [-0.2, 0) is 4.79 Å². The van der Waals surface area contributed by atoms with Gasteiger partial charge in [-0.1, -0.05) is 18.2 Å². The third-order valence-corrected chi connectivity index (χ3v) is 5.28. The summed E-state index contributed by atoms with van der Waals surface area (Å²) in [5, 5.41) is 3.08. The van der Waals surface area contributed by atoms with Gasteiger partial charge in [0.15, 0.2) is 0 Å². The van der Waals surface area contributed by atoms with E-state index in [2.05, 4.69) is 10.2 Å². The molecule has 3 amide bonds. The van der Waals surface area contributed by atoms with Crippen LogP contribution in [0, 0.1) is 13.8 Å². The van der Waals surface area contributed by atoms with Crippen molar-refractivity contribution in [3.63, 3.8) is 0 Å². The smallest absolute Gasteiger partial charge is 0.320 e. The molecule has 2 rings (SSSR count). The molecule has 0 bridgehead atoms. The van der Waals surface area contributed by atoms with Crippen LogP contribution in [0.5, 0.6) is 0 Å². The Hall–Kier alpha value is -2.08. The highest BCUT2D eigenvalue weighted by molar-refractivity contribution is 5.95. The molecule has 0 unspecified atom stereocenters. The molecule has 1 heterocycles. The molecule has 26 heavy (non-hydrogen) atoms. The van der Waals surface area contributed by atoms with Gasteiger partial charge in [-0.3, -0.25) is 9.69 Å². The Kier molecular flexibility index (Phi) is 7.03. The molecule has 144 valence electrons. The van der Waals surface area contributed by atoms with Crippen molar-refractivity contribution in [1.82, 2.24) is 14.7 Å². The average molecular weight is 361 g/mol. The number of aryl methyl sites for hydroxylation is 2. The van der Waals surface area contributed by atoms with Crippen molar-refractivity contribution in [3.8, 4) is 0 Å². The van der Waals surface area contributed by atoms with Crippen LogP contribution in [0.1, 0.15) is 31.9 Å². The number of urea groups is 1. The number of amides is 3. The number of hydrogen-bond donors (Lipinski definition) is 1. The normalized spacial score (nSPS) is 16.3. The monoisotopic (exact) mass is 360 g/mol. The summed E-state index contributed by atoms with van der Waals surface area (Å²) in [6.07, 6.45) is 0. The Morgan fingerprint density at radius 1 is 1.08 bits per heavy atom. The minimum Gasteiger partial charge on any atom is -0.325 e. The Morgan fingerprint density at radius 3 is 2.12 bits per heavy atom. The van der Waals surface area contributed by atoms with Crippen LogP contribution in [0.15, 0.2) is 18.2 Å². The van der Waals surface area contributed by atoms with Gasteiger partial charge < -0.3 is 15.1 Å². The second-order valence-electron chi connectivity index (χ2n) is 6.91. The fraction of sp³-hybridized carbons (Fsp3) is 0.600. The van der Waals surface area contributed by atoms with Crippen LogP contribution in [0.2, 0.25) is 0 Å². The van der Waals surface area contributed by atoms with Crippen molar-refractivity contribution in [2.24, 2.45) is 0 Å². The van der Waals surface area contributed by atoms with Gasteiger partial charge in [-0.15, -0.1) is 0 Å². The fourth-order valence-corrected chi connectivity index (χ4v) is 3.40. The molecule has 1 aliphatic rings. The van der Waals surface area contributed by atoms with E-state index < -0.39 is 0 Å². The Balaban J connectivity index is 1.92. The largest absolute Gasteiger partial charge is 0.325 e. The van der Waals surface area contributed by atoms with Gasteiger partial charge in [0.05, 0.1) is 6.04 Å². The first-order chi connectivity index (χ1) is 12.4. The number of anilines is 1. The minimum atomic E-state index is -0.222. The van der Waals surface area contributed by atoms with Crippen LogP contribution in [-0.4, -0.2) is 71.9 Å². The summed E-state index contributed by atoms with van der Waals surface area (Å²) in [6, 6.07) is 5.88. The van der Waals surface area contributed by atoms with Crippen LogP contribution in [0.25, 0.3) is 0 Å². The van der Waals surface area contributed by atoms with Crippen LogP contribution >= 0.6 is 0 Å². The van der Waals surface area contributed by atoms with Crippen LogP contribution < -0.4 is 5.32 Å². The second-order valence-corrected chi connectivity index (χ2v) is 6.91. The van der Waals surface area contributed by atoms with E-state index in [1.54, 1.807) is 0 Å². The molecule has 0 aromatic heterocycles. The quantitative estimate of drug-likeness (QED) is 0.878. The lowest BCUT2D eigenvalue weighted by Crippen LogP contribution is -2.56. The predicted molar refractivity (Wildman–Crippen MR) is 105 cm³/mol. The molecule has 0 saturated carbocycles. The van der Waals surface area contributed by atoms with Crippen molar-refractivity contribution in [3.05, 3.63) is 29.3 Å². The molecule has 1 aliphatic heterocycles. The number of para-hydroxylation sites is 1. The lowest BCUT2D eigenvalue weighted by Gasteiger charge is -2.39. The number of rotatable bonds is 5. The zero-order chi connectivity index (χ0) is 19.3. The van der Waals surface area contributed by atoms with E-state index in [9.17, 15) is 9.59 Å².